The molecule has 0 aliphatic carbocycles. The maximum absolute atomic E-state index is 12.6. The van der Waals surface area contributed by atoms with Crippen molar-refractivity contribution in [3.8, 4) is 10.6 Å². The largest absolute Gasteiger partial charge is 0.324 e. The molecule has 0 aliphatic rings. The summed E-state index contributed by atoms with van der Waals surface area (Å²) < 4.78 is 2.80. The Labute approximate surface area is 172 Å². The van der Waals surface area contributed by atoms with Crippen LogP contribution in [-0.4, -0.2) is 20.7 Å². The molecule has 1 atom stereocenters. The molecule has 0 radical (unpaired) electrons. The van der Waals surface area contributed by atoms with Crippen molar-refractivity contribution in [2.24, 2.45) is 0 Å². The van der Waals surface area contributed by atoms with E-state index in [9.17, 15) is 4.79 Å². The summed E-state index contributed by atoms with van der Waals surface area (Å²) in [6.07, 6.45) is 1.55. The first-order valence-electron chi connectivity index (χ1n) is 8.90. The minimum atomic E-state index is -0.459. The van der Waals surface area contributed by atoms with Crippen molar-refractivity contribution in [2.75, 3.05) is 5.32 Å². The molecule has 7 heteroatoms. The summed E-state index contributed by atoms with van der Waals surface area (Å²) in [4.78, 5) is 17.3. The van der Waals surface area contributed by atoms with Crippen molar-refractivity contribution in [3.05, 3.63) is 64.9 Å². The predicted octanol–water partition coefficient (Wildman–Crippen LogP) is 5.63. The normalized spacial score (nSPS) is 12.3. The number of carbonyl (C=O) groups is 1. The second kappa shape index (κ2) is 7.37. The van der Waals surface area contributed by atoms with Crippen LogP contribution >= 0.6 is 22.9 Å². The average molecular weight is 411 g/mol. The number of aryl methyl sites for hydroxylation is 1. The molecule has 4 rings (SSSR count). The summed E-state index contributed by atoms with van der Waals surface area (Å²) >= 11 is 7.70. The molecule has 0 spiro atoms. The highest BCUT2D eigenvalue weighted by Crippen LogP contribution is 2.31. The van der Waals surface area contributed by atoms with Gasteiger partial charge >= 0.3 is 0 Å². The fourth-order valence-corrected chi connectivity index (χ4v) is 4.20. The van der Waals surface area contributed by atoms with Gasteiger partial charge in [0.25, 0.3) is 0 Å². The van der Waals surface area contributed by atoms with Crippen molar-refractivity contribution in [1.82, 2.24) is 14.8 Å². The first-order valence-corrected chi connectivity index (χ1v) is 10.1. The molecule has 1 N–H and O–H groups in total. The van der Waals surface area contributed by atoms with Gasteiger partial charge in [-0.2, -0.15) is 5.10 Å². The van der Waals surface area contributed by atoms with E-state index in [-0.39, 0.29) is 5.91 Å². The van der Waals surface area contributed by atoms with Crippen molar-refractivity contribution in [1.29, 1.82) is 0 Å². The van der Waals surface area contributed by atoms with Gasteiger partial charge in [0.15, 0.2) is 0 Å². The molecule has 0 bridgehead atoms. The van der Waals surface area contributed by atoms with Gasteiger partial charge < -0.3 is 5.32 Å². The van der Waals surface area contributed by atoms with Crippen molar-refractivity contribution in [3.63, 3.8) is 0 Å². The maximum Gasteiger partial charge on any atom is 0.248 e. The number of aromatic nitrogens is 3. The van der Waals surface area contributed by atoms with Gasteiger partial charge in [0.1, 0.15) is 11.0 Å². The van der Waals surface area contributed by atoms with Gasteiger partial charge in [0.05, 0.1) is 27.1 Å². The lowest BCUT2D eigenvalue weighted by molar-refractivity contribution is -0.119. The van der Waals surface area contributed by atoms with Crippen LogP contribution in [-0.2, 0) is 4.79 Å². The molecular formula is C21H19ClN4OS. The third-order valence-corrected chi connectivity index (χ3v) is 6.11. The zero-order chi connectivity index (χ0) is 19.8. The third-order valence-electron chi connectivity index (χ3n) is 4.67. The van der Waals surface area contributed by atoms with Crippen LogP contribution in [0.5, 0.6) is 0 Å². The topological polar surface area (TPSA) is 59.8 Å². The number of anilines is 1. The fraction of sp³-hybridized carbons (Fsp3) is 0.190. The molecule has 28 heavy (non-hydrogen) atoms. The van der Waals surface area contributed by atoms with Crippen LogP contribution in [0.25, 0.3) is 20.8 Å². The summed E-state index contributed by atoms with van der Waals surface area (Å²) in [6, 6.07) is 13.5. The number of carbonyl (C=O) groups excluding carboxylic acids is 1. The highest BCUT2D eigenvalue weighted by atomic mass is 35.5. The van der Waals surface area contributed by atoms with E-state index in [1.165, 1.54) is 10.3 Å². The summed E-state index contributed by atoms with van der Waals surface area (Å²) in [5, 5.41) is 8.62. The number of hydrogen-bond acceptors (Lipinski definition) is 4. The van der Waals surface area contributed by atoms with E-state index in [1.807, 2.05) is 37.3 Å². The Kier molecular flexibility index (Phi) is 4.91. The monoisotopic (exact) mass is 410 g/mol. The number of nitrogens with zero attached hydrogens (tertiary/aromatic N) is 3. The van der Waals surface area contributed by atoms with Gasteiger partial charge in [-0.05, 0) is 62.7 Å². The molecule has 2 aromatic heterocycles. The molecule has 2 aromatic carbocycles. The highest BCUT2D eigenvalue weighted by molar-refractivity contribution is 7.21. The van der Waals surface area contributed by atoms with Crippen LogP contribution in [0.2, 0.25) is 5.02 Å². The Morgan fingerprint density at radius 3 is 2.61 bits per heavy atom. The zero-order valence-corrected chi connectivity index (χ0v) is 17.3. The maximum atomic E-state index is 12.6. The van der Waals surface area contributed by atoms with Crippen LogP contribution in [0, 0.1) is 13.8 Å². The summed E-state index contributed by atoms with van der Waals surface area (Å²) in [6.45, 7) is 5.71. The predicted molar refractivity (Wildman–Crippen MR) is 115 cm³/mol. The molecule has 5 nitrogen and oxygen atoms in total. The van der Waals surface area contributed by atoms with Crippen molar-refractivity contribution < 1.29 is 4.79 Å². The van der Waals surface area contributed by atoms with E-state index < -0.39 is 6.04 Å². The van der Waals surface area contributed by atoms with Crippen LogP contribution in [0.15, 0.2) is 48.7 Å². The van der Waals surface area contributed by atoms with Crippen LogP contribution in [0.1, 0.15) is 24.2 Å². The lowest BCUT2D eigenvalue weighted by Crippen LogP contribution is -2.25. The third kappa shape index (κ3) is 3.53. The van der Waals surface area contributed by atoms with Gasteiger partial charge in [-0.25, -0.2) is 4.98 Å². The Morgan fingerprint density at radius 2 is 1.93 bits per heavy atom. The van der Waals surface area contributed by atoms with Gasteiger partial charge in [-0.3, -0.25) is 9.48 Å². The Balaban J connectivity index is 1.51. The molecule has 0 saturated heterocycles. The number of thiazole rings is 1. The van der Waals surface area contributed by atoms with E-state index in [1.54, 1.807) is 29.1 Å². The van der Waals surface area contributed by atoms with E-state index in [4.69, 9.17) is 16.6 Å². The second-order valence-electron chi connectivity index (χ2n) is 6.76. The summed E-state index contributed by atoms with van der Waals surface area (Å²) in [7, 11) is 0. The molecule has 0 fully saturated rings. The van der Waals surface area contributed by atoms with Crippen LogP contribution in [0.3, 0.4) is 0 Å². The van der Waals surface area contributed by atoms with Crippen molar-refractivity contribution >= 4 is 44.7 Å². The highest BCUT2D eigenvalue weighted by Gasteiger charge is 2.19. The number of amides is 1. The smallest absolute Gasteiger partial charge is 0.248 e. The molecule has 0 aliphatic heterocycles. The summed E-state index contributed by atoms with van der Waals surface area (Å²) in [5.41, 5.74) is 4.76. The van der Waals surface area contributed by atoms with E-state index >= 15 is 0 Å². The van der Waals surface area contributed by atoms with E-state index in [0.29, 0.717) is 5.02 Å². The Bertz CT molecular complexity index is 1160. The fourth-order valence-electron chi connectivity index (χ4n) is 3.00. The minimum absolute atomic E-state index is 0.147. The van der Waals surface area contributed by atoms with Gasteiger partial charge in [-0.1, -0.05) is 17.7 Å². The number of halogens is 1. The number of benzene rings is 2. The molecule has 142 valence electrons. The van der Waals surface area contributed by atoms with Gasteiger partial charge in [0, 0.05) is 11.3 Å². The van der Waals surface area contributed by atoms with Crippen molar-refractivity contribution in [2.45, 2.75) is 26.8 Å². The minimum Gasteiger partial charge on any atom is -0.324 e. The van der Waals surface area contributed by atoms with Crippen LogP contribution in [0.4, 0.5) is 5.69 Å². The van der Waals surface area contributed by atoms with E-state index in [0.717, 1.165) is 27.5 Å². The SMILES string of the molecule is Cc1ccc2nc(-c3ccc(NC(=O)C(C)n4ncc(Cl)c4C)cc3)sc2c1. The summed E-state index contributed by atoms with van der Waals surface area (Å²) in [5.74, 6) is -0.147. The lowest BCUT2D eigenvalue weighted by Gasteiger charge is -2.14. The zero-order valence-electron chi connectivity index (χ0n) is 15.7. The van der Waals surface area contributed by atoms with Crippen LogP contribution < -0.4 is 5.32 Å². The number of rotatable bonds is 4. The number of nitrogens with one attached hydrogen (secondary N) is 1. The average Bonchev–Trinajstić information content (AvgIpc) is 3.25. The van der Waals surface area contributed by atoms with Gasteiger partial charge in [0.2, 0.25) is 5.91 Å². The lowest BCUT2D eigenvalue weighted by atomic mass is 10.2. The first kappa shape index (κ1) is 18.7. The molecule has 2 heterocycles. The quantitative estimate of drug-likeness (QED) is 0.474. The molecule has 1 amide bonds. The number of fused-ring (bicyclic) bond motifs is 1. The van der Waals surface area contributed by atoms with E-state index in [2.05, 4.69) is 29.5 Å². The molecule has 0 saturated carbocycles. The van der Waals surface area contributed by atoms with Gasteiger partial charge in [-0.15, -0.1) is 11.3 Å². The Hall–Kier alpha value is -2.70. The first-order chi connectivity index (χ1) is 13.4. The second-order valence-corrected chi connectivity index (χ2v) is 8.19. The number of hydrogen-bond donors (Lipinski definition) is 1. The molecular weight excluding hydrogens is 392 g/mol. The Morgan fingerprint density at radius 1 is 1.18 bits per heavy atom. The molecule has 1 unspecified atom stereocenters. The standard InChI is InChI=1S/C21H19ClN4OS/c1-12-4-9-18-19(10-12)28-21(25-18)15-5-7-16(8-6-15)24-20(27)14(3)26-13(2)17(22)11-23-26/h4-11,14H,1-3H3,(H,24,27). The molecule has 4 aromatic rings.